The number of hydrogen-bond donors (Lipinski definition) is 2. The summed E-state index contributed by atoms with van der Waals surface area (Å²) in [4.78, 5) is 38.2. The lowest BCUT2D eigenvalue weighted by Gasteiger charge is -2.28. The van der Waals surface area contributed by atoms with Gasteiger partial charge in [0.25, 0.3) is 11.8 Å². The molecule has 9 heteroatoms. The molecule has 3 rings (SSSR count). The maximum Gasteiger partial charge on any atom is 0.325 e. The van der Waals surface area contributed by atoms with Crippen LogP contribution in [0.5, 0.6) is 5.75 Å². The highest BCUT2D eigenvalue weighted by Gasteiger charge is 2.13. The van der Waals surface area contributed by atoms with Crippen LogP contribution in [0.4, 0.5) is 11.4 Å². The second-order valence-electron chi connectivity index (χ2n) is 7.00. The Bertz CT molecular complexity index is 908. The molecule has 0 aromatic heterocycles. The van der Waals surface area contributed by atoms with E-state index in [1.54, 1.807) is 36.4 Å². The van der Waals surface area contributed by atoms with Gasteiger partial charge >= 0.3 is 5.97 Å². The van der Waals surface area contributed by atoms with E-state index in [9.17, 15) is 14.4 Å². The number of esters is 1. The lowest BCUT2D eigenvalue weighted by Crippen LogP contribution is -2.36. The van der Waals surface area contributed by atoms with Crippen molar-refractivity contribution in [3.8, 4) is 5.75 Å². The highest BCUT2D eigenvalue weighted by molar-refractivity contribution is 5.96. The Hall–Kier alpha value is -3.59. The van der Waals surface area contributed by atoms with Crippen molar-refractivity contribution >= 4 is 29.2 Å². The van der Waals surface area contributed by atoms with Crippen molar-refractivity contribution in [3.05, 3.63) is 54.1 Å². The maximum atomic E-state index is 12.1. The molecule has 1 heterocycles. The highest BCUT2D eigenvalue weighted by atomic mass is 16.5. The van der Waals surface area contributed by atoms with Crippen LogP contribution in [0.15, 0.2) is 48.5 Å². The predicted octanol–water partition coefficient (Wildman–Crippen LogP) is 1.83. The predicted molar refractivity (Wildman–Crippen MR) is 119 cm³/mol. The van der Waals surface area contributed by atoms with Crippen molar-refractivity contribution in [2.24, 2.45) is 0 Å². The Morgan fingerprint density at radius 2 is 1.69 bits per heavy atom. The number of amides is 2. The molecule has 0 bridgehead atoms. The van der Waals surface area contributed by atoms with Gasteiger partial charge in [-0.15, -0.1) is 0 Å². The number of carbonyl (C=O) groups is 3. The molecule has 0 unspecified atom stereocenters. The second-order valence-corrected chi connectivity index (χ2v) is 7.00. The zero-order valence-corrected chi connectivity index (χ0v) is 18.0. The third-order valence-corrected chi connectivity index (χ3v) is 4.71. The van der Waals surface area contributed by atoms with Gasteiger partial charge in [0.15, 0.2) is 6.61 Å². The van der Waals surface area contributed by atoms with E-state index in [1.807, 2.05) is 19.1 Å². The summed E-state index contributed by atoms with van der Waals surface area (Å²) in [6.07, 6.45) is 0. The summed E-state index contributed by atoms with van der Waals surface area (Å²) in [5.41, 5.74) is 2.05. The summed E-state index contributed by atoms with van der Waals surface area (Å²) in [6.45, 7) is 4.68. The van der Waals surface area contributed by atoms with Gasteiger partial charge in [-0.2, -0.15) is 0 Å². The third-order valence-electron chi connectivity index (χ3n) is 4.71. The van der Waals surface area contributed by atoms with Gasteiger partial charge in [0.2, 0.25) is 0 Å². The lowest BCUT2D eigenvalue weighted by atomic mass is 10.2. The fourth-order valence-electron chi connectivity index (χ4n) is 3.09. The molecule has 32 heavy (non-hydrogen) atoms. The Labute approximate surface area is 186 Å². The largest absolute Gasteiger partial charge is 0.494 e. The van der Waals surface area contributed by atoms with Gasteiger partial charge in [-0.25, -0.2) is 0 Å². The molecule has 1 aliphatic rings. The molecule has 2 aromatic rings. The molecular weight excluding hydrogens is 414 g/mol. The standard InChI is InChI=1S/C23H27N3O6/c1-2-31-20-9-3-17(4-10-20)23(29)24-15-22(28)32-16-21(27)25-18-5-7-19(8-6-18)26-11-13-30-14-12-26/h3-10H,2,11-16H2,1H3,(H,24,29)(H,25,27). The van der Waals surface area contributed by atoms with Gasteiger partial charge in [-0.05, 0) is 55.5 Å². The normalized spacial score (nSPS) is 13.2. The Balaban J connectivity index is 1.37. The number of anilines is 2. The van der Waals surface area contributed by atoms with E-state index < -0.39 is 24.4 Å². The van der Waals surface area contributed by atoms with Crippen LogP contribution in [0, 0.1) is 0 Å². The van der Waals surface area contributed by atoms with Crippen LogP contribution in [-0.4, -0.2) is 63.8 Å². The van der Waals surface area contributed by atoms with Crippen molar-refractivity contribution in [1.29, 1.82) is 0 Å². The van der Waals surface area contributed by atoms with Crippen LogP contribution in [0.2, 0.25) is 0 Å². The molecule has 2 aromatic carbocycles. The first kappa shape index (κ1) is 23.1. The number of hydrogen-bond acceptors (Lipinski definition) is 7. The Morgan fingerprint density at radius 1 is 1.00 bits per heavy atom. The SMILES string of the molecule is CCOc1ccc(C(=O)NCC(=O)OCC(=O)Nc2ccc(N3CCOCC3)cc2)cc1. The molecule has 0 saturated carbocycles. The lowest BCUT2D eigenvalue weighted by molar-refractivity contribution is -0.146. The highest BCUT2D eigenvalue weighted by Crippen LogP contribution is 2.19. The average Bonchev–Trinajstić information content (AvgIpc) is 2.83. The first-order valence-corrected chi connectivity index (χ1v) is 10.4. The molecule has 170 valence electrons. The molecule has 0 radical (unpaired) electrons. The number of carbonyl (C=O) groups excluding carboxylic acids is 3. The molecule has 1 aliphatic heterocycles. The fourth-order valence-corrected chi connectivity index (χ4v) is 3.09. The van der Waals surface area contributed by atoms with E-state index in [0.29, 0.717) is 36.8 Å². The number of morpholine rings is 1. The number of ether oxygens (including phenoxy) is 3. The summed E-state index contributed by atoms with van der Waals surface area (Å²) in [5, 5.41) is 5.14. The van der Waals surface area contributed by atoms with E-state index in [-0.39, 0.29) is 6.54 Å². The van der Waals surface area contributed by atoms with Crippen LogP contribution in [0.3, 0.4) is 0 Å². The van der Waals surface area contributed by atoms with Gasteiger partial charge in [0.05, 0.1) is 19.8 Å². The van der Waals surface area contributed by atoms with E-state index >= 15 is 0 Å². The monoisotopic (exact) mass is 441 g/mol. The van der Waals surface area contributed by atoms with E-state index in [4.69, 9.17) is 14.2 Å². The molecule has 0 atom stereocenters. The molecule has 9 nitrogen and oxygen atoms in total. The van der Waals surface area contributed by atoms with E-state index in [0.717, 1.165) is 18.8 Å². The zero-order chi connectivity index (χ0) is 22.8. The average molecular weight is 441 g/mol. The molecule has 0 spiro atoms. The molecule has 1 fully saturated rings. The number of benzene rings is 2. The summed E-state index contributed by atoms with van der Waals surface area (Å²) in [5.74, 6) is -0.933. The Morgan fingerprint density at radius 3 is 2.34 bits per heavy atom. The number of rotatable bonds is 9. The van der Waals surface area contributed by atoms with Gasteiger partial charge in [0, 0.05) is 30.0 Å². The number of nitrogens with zero attached hydrogens (tertiary/aromatic N) is 1. The topological polar surface area (TPSA) is 106 Å². The maximum absolute atomic E-state index is 12.1. The summed E-state index contributed by atoms with van der Waals surface area (Å²) in [6, 6.07) is 14.0. The van der Waals surface area contributed by atoms with Crippen molar-refractivity contribution < 1.29 is 28.6 Å². The van der Waals surface area contributed by atoms with Gasteiger partial charge in [-0.1, -0.05) is 0 Å². The van der Waals surface area contributed by atoms with Crippen LogP contribution in [-0.2, 0) is 19.1 Å². The summed E-state index contributed by atoms with van der Waals surface area (Å²) < 4.78 is 15.6. The number of nitrogens with one attached hydrogen (secondary N) is 2. The zero-order valence-electron chi connectivity index (χ0n) is 18.0. The van der Waals surface area contributed by atoms with Gasteiger partial charge < -0.3 is 29.7 Å². The van der Waals surface area contributed by atoms with Crippen molar-refractivity contribution in [2.75, 3.05) is 56.3 Å². The summed E-state index contributed by atoms with van der Waals surface area (Å²) in [7, 11) is 0. The molecular formula is C23H27N3O6. The molecule has 0 aliphatic carbocycles. The van der Waals surface area contributed by atoms with E-state index in [2.05, 4.69) is 15.5 Å². The minimum atomic E-state index is -0.706. The van der Waals surface area contributed by atoms with Crippen molar-refractivity contribution in [2.45, 2.75) is 6.92 Å². The van der Waals surface area contributed by atoms with E-state index in [1.165, 1.54) is 0 Å². The molecule has 1 saturated heterocycles. The molecule has 2 N–H and O–H groups in total. The minimum Gasteiger partial charge on any atom is -0.494 e. The summed E-state index contributed by atoms with van der Waals surface area (Å²) >= 11 is 0. The van der Waals surface area contributed by atoms with Crippen LogP contribution >= 0.6 is 0 Å². The van der Waals surface area contributed by atoms with Crippen molar-refractivity contribution in [1.82, 2.24) is 5.32 Å². The quantitative estimate of drug-likeness (QED) is 0.572. The van der Waals surface area contributed by atoms with Gasteiger partial charge in [0.1, 0.15) is 12.3 Å². The minimum absolute atomic E-state index is 0.340. The van der Waals surface area contributed by atoms with Crippen molar-refractivity contribution in [3.63, 3.8) is 0 Å². The fraction of sp³-hybridized carbons (Fsp3) is 0.348. The Kier molecular flexibility index (Phi) is 8.44. The smallest absolute Gasteiger partial charge is 0.325 e. The van der Waals surface area contributed by atoms with Crippen LogP contribution < -0.4 is 20.3 Å². The first-order chi connectivity index (χ1) is 15.5. The third kappa shape index (κ3) is 6.98. The van der Waals surface area contributed by atoms with Gasteiger partial charge in [-0.3, -0.25) is 14.4 Å². The van der Waals surface area contributed by atoms with Crippen LogP contribution in [0.1, 0.15) is 17.3 Å². The molecule has 2 amide bonds. The first-order valence-electron chi connectivity index (χ1n) is 10.4. The second kappa shape index (κ2) is 11.7. The van der Waals surface area contributed by atoms with Crippen LogP contribution in [0.25, 0.3) is 0 Å².